The highest BCUT2D eigenvalue weighted by atomic mass is 15.2. The molecule has 0 aromatic heterocycles. The van der Waals surface area contributed by atoms with E-state index in [1.807, 2.05) is 0 Å². The van der Waals surface area contributed by atoms with Crippen LogP contribution in [-0.2, 0) is 0 Å². The van der Waals surface area contributed by atoms with E-state index in [-0.39, 0.29) is 5.54 Å². The number of rotatable bonds is 2. The van der Waals surface area contributed by atoms with E-state index in [0.29, 0.717) is 6.04 Å². The van der Waals surface area contributed by atoms with Crippen molar-refractivity contribution in [1.82, 2.24) is 4.90 Å². The summed E-state index contributed by atoms with van der Waals surface area (Å²) in [5, 5.41) is 0. The molecule has 19 heavy (non-hydrogen) atoms. The second kappa shape index (κ2) is 4.63. The summed E-state index contributed by atoms with van der Waals surface area (Å²) < 4.78 is 0. The molecule has 1 aliphatic heterocycles. The predicted molar refractivity (Wildman–Crippen MR) is 81.4 cm³/mol. The first kappa shape index (κ1) is 13.2. The van der Waals surface area contributed by atoms with Gasteiger partial charge in [-0.25, -0.2) is 0 Å². The van der Waals surface area contributed by atoms with E-state index < -0.39 is 0 Å². The summed E-state index contributed by atoms with van der Waals surface area (Å²) >= 11 is 0. The van der Waals surface area contributed by atoms with Gasteiger partial charge < -0.3 is 0 Å². The van der Waals surface area contributed by atoms with Crippen LogP contribution in [0, 0.1) is 5.92 Å². The van der Waals surface area contributed by atoms with Crippen LogP contribution < -0.4 is 0 Å². The van der Waals surface area contributed by atoms with Crippen molar-refractivity contribution in [3.05, 3.63) is 35.4 Å². The number of hydrogen-bond acceptors (Lipinski definition) is 1. The lowest BCUT2D eigenvalue weighted by molar-refractivity contribution is 0.119. The molecule has 0 N–H and O–H groups in total. The van der Waals surface area contributed by atoms with Gasteiger partial charge in [0.25, 0.3) is 0 Å². The van der Waals surface area contributed by atoms with E-state index in [9.17, 15) is 0 Å². The third-order valence-electron chi connectivity index (χ3n) is 4.74. The molecule has 3 rings (SSSR count). The lowest BCUT2D eigenvalue weighted by atomic mass is 9.92. The Hall–Kier alpha value is -0.820. The number of hydrogen-bond donors (Lipinski definition) is 0. The molecule has 1 saturated carbocycles. The van der Waals surface area contributed by atoms with E-state index in [1.165, 1.54) is 25.8 Å². The van der Waals surface area contributed by atoms with Crippen molar-refractivity contribution in [2.75, 3.05) is 6.54 Å². The molecule has 1 saturated heterocycles. The predicted octanol–water partition coefficient (Wildman–Crippen LogP) is 4.75. The molecular weight excluding hydrogens is 230 g/mol. The van der Waals surface area contributed by atoms with Crippen molar-refractivity contribution in [1.29, 1.82) is 0 Å². The summed E-state index contributed by atoms with van der Waals surface area (Å²) in [6.07, 6.45) is 4.12. The fourth-order valence-corrected chi connectivity index (χ4v) is 3.66. The average molecular weight is 257 g/mol. The van der Waals surface area contributed by atoms with E-state index in [4.69, 9.17) is 0 Å². The minimum absolute atomic E-state index is 0.270. The third kappa shape index (κ3) is 2.58. The molecule has 0 amide bonds. The van der Waals surface area contributed by atoms with Gasteiger partial charge in [0, 0.05) is 18.1 Å². The highest BCUT2D eigenvalue weighted by Crippen LogP contribution is 2.47. The van der Waals surface area contributed by atoms with Crippen LogP contribution in [-0.4, -0.2) is 17.0 Å². The molecular formula is C18H27N. The normalized spacial score (nSPS) is 28.8. The zero-order valence-electron chi connectivity index (χ0n) is 12.8. The van der Waals surface area contributed by atoms with Gasteiger partial charge in [-0.1, -0.05) is 31.2 Å². The Labute approximate surface area is 118 Å². The molecule has 1 heteroatoms. The monoisotopic (exact) mass is 257 g/mol. The molecule has 1 aromatic rings. The van der Waals surface area contributed by atoms with Gasteiger partial charge in [0.1, 0.15) is 0 Å². The first-order valence-electron chi connectivity index (χ1n) is 7.82. The molecule has 0 spiro atoms. The lowest BCUT2D eigenvalue weighted by Crippen LogP contribution is -2.41. The molecule has 2 atom stereocenters. The second-order valence-electron chi connectivity index (χ2n) is 7.58. The molecule has 1 heterocycles. The summed E-state index contributed by atoms with van der Waals surface area (Å²) in [6.45, 7) is 10.7. The molecule has 1 nitrogen and oxygen atoms in total. The Kier molecular flexibility index (Phi) is 3.21. The maximum Gasteiger partial charge on any atom is 0.0359 e. The largest absolute Gasteiger partial charge is 0.291 e. The summed E-state index contributed by atoms with van der Waals surface area (Å²) in [6, 6.07) is 9.83. The Morgan fingerprint density at radius 3 is 2.26 bits per heavy atom. The highest BCUT2D eigenvalue weighted by Gasteiger charge is 2.39. The molecule has 0 unspecified atom stereocenters. The van der Waals surface area contributed by atoms with Gasteiger partial charge >= 0.3 is 0 Å². The van der Waals surface area contributed by atoms with Crippen molar-refractivity contribution in [3.8, 4) is 0 Å². The summed E-state index contributed by atoms with van der Waals surface area (Å²) in [7, 11) is 0. The molecule has 1 aliphatic carbocycles. The van der Waals surface area contributed by atoms with Crippen molar-refractivity contribution < 1.29 is 0 Å². The maximum atomic E-state index is 2.72. The van der Waals surface area contributed by atoms with Crippen LogP contribution >= 0.6 is 0 Å². The smallest absolute Gasteiger partial charge is 0.0359 e. The lowest BCUT2D eigenvalue weighted by Gasteiger charge is -2.38. The summed E-state index contributed by atoms with van der Waals surface area (Å²) in [4.78, 5) is 2.72. The first-order chi connectivity index (χ1) is 8.97. The SMILES string of the molecule is C[C@H]1C[C@H](c2ccccc2C2CC2)N(C(C)(C)C)C1. The number of benzene rings is 1. The molecule has 104 valence electrons. The Morgan fingerprint density at radius 1 is 1.05 bits per heavy atom. The van der Waals surface area contributed by atoms with Crippen LogP contribution in [0.3, 0.4) is 0 Å². The molecule has 1 aromatic carbocycles. The van der Waals surface area contributed by atoms with Crippen LogP contribution in [0.2, 0.25) is 0 Å². The zero-order valence-corrected chi connectivity index (χ0v) is 12.8. The molecule has 0 bridgehead atoms. The second-order valence-corrected chi connectivity index (χ2v) is 7.58. The van der Waals surface area contributed by atoms with Gasteiger partial charge in [0.15, 0.2) is 0 Å². The van der Waals surface area contributed by atoms with Crippen molar-refractivity contribution in [2.24, 2.45) is 5.92 Å². The van der Waals surface area contributed by atoms with Gasteiger partial charge in [0.2, 0.25) is 0 Å². The molecule has 2 fully saturated rings. The van der Waals surface area contributed by atoms with Gasteiger partial charge in [-0.05, 0) is 63.0 Å². The topological polar surface area (TPSA) is 3.24 Å². The van der Waals surface area contributed by atoms with Crippen LogP contribution in [0.5, 0.6) is 0 Å². The minimum atomic E-state index is 0.270. The Bertz CT molecular complexity index is 453. The summed E-state index contributed by atoms with van der Waals surface area (Å²) in [5.41, 5.74) is 3.52. The molecule has 0 radical (unpaired) electrons. The van der Waals surface area contributed by atoms with Gasteiger partial charge in [-0.2, -0.15) is 0 Å². The van der Waals surface area contributed by atoms with Crippen molar-refractivity contribution >= 4 is 0 Å². The minimum Gasteiger partial charge on any atom is -0.291 e. The maximum absolute atomic E-state index is 2.72. The van der Waals surface area contributed by atoms with E-state index in [1.54, 1.807) is 11.1 Å². The zero-order chi connectivity index (χ0) is 13.6. The van der Waals surface area contributed by atoms with Crippen LogP contribution in [0.4, 0.5) is 0 Å². The highest BCUT2D eigenvalue weighted by molar-refractivity contribution is 5.36. The standard InChI is InChI=1S/C18H27N/c1-13-11-17(19(12-13)18(2,3)4)16-8-6-5-7-15(16)14-9-10-14/h5-8,13-14,17H,9-12H2,1-4H3/t13-,17+/m0/s1. The van der Waals surface area contributed by atoms with Crippen LogP contribution in [0.1, 0.15) is 70.0 Å². The van der Waals surface area contributed by atoms with Gasteiger partial charge in [0.05, 0.1) is 0 Å². The Balaban J connectivity index is 1.96. The van der Waals surface area contributed by atoms with E-state index in [0.717, 1.165) is 11.8 Å². The third-order valence-corrected chi connectivity index (χ3v) is 4.74. The average Bonchev–Trinajstić information content (AvgIpc) is 3.11. The van der Waals surface area contributed by atoms with E-state index >= 15 is 0 Å². The summed E-state index contributed by atoms with van der Waals surface area (Å²) in [5.74, 6) is 1.67. The quantitative estimate of drug-likeness (QED) is 0.739. The Morgan fingerprint density at radius 2 is 1.68 bits per heavy atom. The number of nitrogens with zero attached hydrogens (tertiary/aromatic N) is 1. The van der Waals surface area contributed by atoms with Crippen LogP contribution in [0.25, 0.3) is 0 Å². The van der Waals surface area contributed by atoms with Crippen LogP contribution in [0.15, 0.2) is 24.3 Å². The fourth-order valence-electron chi connectivity index (χ4n) is 3.66. The van der Waals surface area contributed by atoms with Gasteiger partial charge in [-0.3, -0.25) is 4.90 Å². The molecule has 2 aliphatic rings. The first-order valence-corrected chi connectivity index (χ1v) is 7.82. The number of likely N-dealkylation sites (tertiary alicyclic amines) is 1. The van der Waals surface area contributed by atoms with E-state index in [2.05, 4.69) is 56.9 Å². The fraction of sp³-hybridized carbons (Fsp3) is 0.667. The van der Waals surface area contributed by atoms with Crippen molar-refractivity contribution in [2.45, 2.75) is 64.5 Å². The van der Waals surface area contributed by atoms with Crippen molar-refractivity contribution in [3.63, 3.8) is 0 Å². The van der Waals surface area contributed by atoms with Gasteiger partial charge in [-0.15, -0.1) is 0 Å².